The van der Waals surface area contributed by atoms with E-state index < -0.39 is 0 Å². The second-order valence-corrected chi connectivity index (χ2v) is 3.99. The van der Waals surface area contributed by atoms with Crippen molar-refractivity contribution >= 4 is 0 Å². The molecule has 0 fully saturated rings. The maximum Gasteiger partial charge on any atom is 0.0684 e. The second kappa shape index (κ2) is 5.95. The van der Waals surface area contributed by atoms with Crippen molar-refractivity contribution in [3.8, 4) is 6.07 Å². The van der Waals surface area contributed by atoms with E-state index in [1.807, 2.05) is 20.8 Å². The second-order valence-electron chi connectivity index (χ2n) is 3.99. The van der Waals surface area contributed by atoms with Crippen LogP contribution in [0, 0.1) is 16.7 Å². The van der Waals surface area contributed by atoms with Gasteiger partial charge in [0.05, 0.1) is 18.1 Å². The highest BCUT2D eigenvalue weighted by Crippen LogP contribution is 2.17. The molecule has 76 valence electrons. The number of hydrogen-bond donors (Lipinski definition) is 2. The molecule has 2 N–H and O–H groups in total. The molecule has 0 radical (unpaired) electrons. The Morgan fingerprint density at radius 2 is 2.15 bits per heavy atom. The Morgan fingerprint density at radius 3 is 2.54 bits per heavy atom. The molecule has 3 heteroatoms. The topological polar surface area (TPSA) is 56.0 Å². The third kappa shape index (κ3) is 5.62. The predicted molar refractivity (Wildman–Crippen MR) is 53.2 cm³/mol. The number of nitriles is 1. The molecule has 0 aromatic rings. The van der Waals surface area contributed by atoms with Crippen LogP contribution < -0.4 is 5.32 Å². The zero-order valence-corrected chi connectivity index (χ0v) is 8.80. The molecular formula is C10H20N2O. The van der Waals surface area contributed by atoms with E-state index in [0.29, 0.717) is 0 Å². The molecule has 0 aromatic carbocycles. The van der Waals surface area contributed by atoms with E-state index in [1.165, 1.54) is 0 Å². The summed E-state index contributed by atoms with van der Waals surface area (Å²) in [6.45, 7) is 6.84. The van der Waals surface area contributed by atoms with Crippen molar-refractivity contribution in [1.82, 2.24) is 5.32 Å². The molecule has 0 spiro atoms. The molecule has 0 aromatic heterocycles. The normalized spacial score (nSPS) is 13.8. The Hall–Kier alpha value is -0.590. The van der Waals surface area contributed by atoms with Crippen molar-refractivity contribution in [2.75, 3.05) is 13.2 Å². The predicted octanol–water partition coefficient (Wildman–Crippen LogP) is 1.29. The standard InChI is InChI=1S/C10H20N2O/c1-4-9(7-13)12-6-5-10(2,3)8-11/h9,12-13H,4-7H2,1-3H3. The minimum atomic E-state index is -0.263. The van der Waals surface area contributed by atoms with Gasteiger partial charge in [-0.05, 0) is 33.2 Å². The zero-order valence-electron chi connectivity index (χ0n) is 8.80. The number of nitrogens with zero attached hydrogens (tertiary/aromatic N) is 1. The summed E-state index contributed by atoms with van der Waals surface area (Å²) in [6.07, 6.45) is 1.74. The van der Waals surface area contributed by atoms with Crippen LogP contribution >= 0.6 is 0 Å². The molecule has 0 aliphatic heterocycles. The molecule has 13 heavy (non-hydrogen) atoms. The summed E-state index contributed by atoms with van der Waals surface area (Å²) in [5, 5.41) is 20.8. The summed E-state index contributed by atoms with van der Waals surface area (Å²) in [7, 11) is 0. The molecule has 0 saturated heterocycles. The number of hydrogen-bond acceptors (Lipinski definition) is 3. The Labute approximate surface area is 80.8 Å². The highest BCUT2D eigenvalue weighted by atomic mass is 16.3. The van der Waals surface area contributed by atoms with Crippen LogP contribution in [0.2, 0.25) is 0 Å². The SMILES string of the molecule is CCC(CO)NCCC(C)(C)C#N. The van der Waals surface area contributed by atoms with Crippen LogP contribution in [-0.2, 0) is 0 Å². The first-order valence-electron chi connectivity index (χ1n) is 4.81. The van der Waals surface area contributed by atoms with E-state index in [2.05, 4.69) is 11.4 Å². The number of aliphatic hydroxyl groups is 1. The van der Waals surface area contributed by atoms with E-state index in [1.54, 1.807) is 0 Å². The summed E-state index contributed by atoms with van der Waals surface area (Å²) in [5.41, 5.74) is -0.263. The van der Waals surface area contributed by atoms with Gasteiger partial charge in [-0.1, -0.05) is 6.92 Å². The fourth-order valence-electron chi connectivity index (χ4n) is 0.983. The molecule has 0 rings (SSSR count). The minimum absolute atomic E-state index is 0.170. The van der Waals surface area contributed by atoms with Crippen LogP contribution in [-0.4, -0.2) is 24.3 Å². The van der Waals surface area contributed by atoms with Crippen LogP contribution in [0.25, 0.3) is 0 Å². The monoisotopic (exact) mass is 184 g/mol. The maximum atomic E-state index is 8.89. The number of aliphatic hydroxyl groups excluding tert-OH is 1. The molecule has 0 bridgehead atoms. The summed E-state index contributed by atoms with van der Waals surface area (Å²) in [5.74, 6) is 0. The lowest BCUT2D eigenvalue weighted by molar-refractivity contribution is 0.235. The van der Waals surface area contributed by atoms with E-state index >= 15 is 0 Å². The quantitative estimate of drug-likeness (QED) is 0.654. The van der Waals surface area contributed by atoms with Crippen molar-refractivity contribution < 1.29 is 5.11 Å². The van der Waals surface area contributed by atoms with Gasteiger partial charge in [-0.3, -0.25) is 0 Å². The van der Waals surface area contributed by atoms with Crippen LogP contribution in [0.5, 0.6) is 0 Å². The van der Waals surface area contributed by atoms with E-state index in [0.717, 1.165) is 19.4 Å². The minimum Gasteiger partial charge on any atom is -0.395 e. The first kappa shape index (κ1) is 12.4. The first-order chi connectivity index (χ1) is 6.05. The fraction of sp³-hybridized carbons (Fsp3) is 0.900. The lowest BCUT2D eigenvalue weighted by Gasteiger charge is -2.18. The fourth-order valence-corrected chi connectivity index (χ4v) is 0.983. The highest BCUT2D eigenvalue weighted by Gasteiger charge is 2.16. The molecular weight excluding hydrogens is 164 g/mol. The van der Waals surface area contributed by atoms with Gasteiger partial charge in [0, 0.05) is 6.04 Å². The van der Waals surface area contributed by atoms with Crippen LogP contribution in [0.4, 0.5) is 0 Å². The van der Waals surface area contributed by atoms with Crippen LogP contribution in [0.15, 0.2) is 0 Å². The first-order valence-corrected chi connectivity index (χ1v) is 4.81. The van der Waals surface area contributed by atoms with Gasteiger partial charge in [-0.2, -0.15) is 5.26 Å². The summed E-state index contributed by atoms with van der Waals surface area (Å²) >= 11 is 0. The van der Waals surface area contributed by atoms with Crippen molar-refractivity contribution in [3.63, 3.8) is 0 Å². The number of rotatable bonds is 6. The van der Waals surface area contributed by atoms with Gasteiger partial charge in [-0.15, -0.1) is 0 Å². The van der Waals surface area contributed by atoms with E-state index in [9.17, 15) is 0 Å². The zero-order chi connectivity index (χ0) is 10.3. The average molecular weight is 184 g/mol. The van der Waals surface area contributed by atoms with Crippen molar-refractivity contribution in [2.45, 2.75) is 39.7 Å². The lowest BCUT2D eigenvalue weighted by atomic mass is 9.91. The van der Waals surface area contributed by atoms with Crippen LogP contribution in [0.1, 0.15) is 33.6 Å². The van der Waals surface area contributed by atoms with Crippen molar-refractivity contribution in [3.05, 3.63) is 0 Å². The lowest BCUT2D eigenvalue weighted by Crippen LogP contribution is -2.34. The third-order valence-corrected chi connectivity index (χ3v) is 2.20. The molecule has 3 nitrogen and oxygen atoms in total. The van der Waals surface area contributed by atoms with Gasteiger partial charge in [0.2, 0.25) is 0 Å². The summed E-state index contributed by atoms with van der Waals surface area (Å²) < 4.78 is 0. The summed E-state index contributed by atoms with van der Waals surface area (Å²) in [4.78, 5) is 0. The van der Waals surface area contributed by atoms with Gasteiger partial charge in [-0.25, -0.2) is 0 Å². The molecule has 0 saturated carbocycles. The average Bonchev–Trinajstić information content (AvgIpc) is 2.12. The Balaban J connectivity index is 3.62. The van der Waals surface area contributed by atoms with Gasteiger partial charge >= 0.3 is 0 Å². The molecule has 0 amide bonds. The largest absolute Gasteiger partial charge is 0.395 e. The summed E-state index contributed by atoms with van der Waals surface area (Å²) in [6, 6.07) is 2.42. The van der Waals surface area contributed by atoms with Crippen molar-refractivity contribution in [1.29, 1.82) is 5.26 Å². The molecule has 1 atom stereocenters. The van der Waals surface area contributed by atoms with Gasteiger partial charge in [0.1, 0.15) is 0 Å². The molecule has 0 aliphatic rings. The smallest absolute Gasteiger partial charge is 0.0684 e. The molecule has 0 aliphatic carbocycles. The molecule has 0 heterocycles. The maximum absolute atomic E-state index is 8.89. The Kier molecular flexibility index (Phi) is 5.68. The van der Waals surface area contributed by atoms with E-state index in [4.69, 9.17) is 10.4 Å². The van der Waals surface area contributed by atoms with Gasteiger partial charge in [0.15, 0.2) is 0 Å². The third-order valence-electron chi connectivity index (χ3n) is 2.20. The number of nitrogens with one attached hydrogen (secondary N) is 1. The van der Waals surface area contributed by atoms with E-state index in [-0.39, 0.29) is 18.1 Å². The Bertz CT molecular complexity index is 168. The van der Waals surface area contributed by atoms with Gasteiger partial charge < -0.3 is 10.4 Å². The molecule has 1 unspecified atom stereocenters. The Morgan fingerprint density at radius 1 is 1.54 bits per heavy atom. The highest BCUT2D eigenvalue weighted by molar-refractivity contribution is 4.91. The van der Waals surface area contributed by atoms with Crippen molar-refractivity contribution in [2.24, 2.45) is 5.41 Å². The van der Waals surface area contributed by atoms with Gasteiger partial charge in [0.25, 0.3) is 0 Å². The van der Waals surface area contributed by atoms with Crippen LogP contribution in [0.3, 0.4) is 0 Å².